The molecule has 1 aromatic carbocycles. The first kappa shape index (κ1) is 9.46. The summed E-state index contributed by atoms with van der Waals surface area (Å²) < 4.78 is 13.4. The van der Waals surface area contributed by atoms with Gasteiger partial charge in [0, 0.05) is 30.4 Å². The fourth-order valence-electron chi connectivity index (χ4n) is 1.78. The predicted molar refractivity (Wildman–Crippen MR) is 55.7 cm³/mol. The molecule has 0 saturated carbocycles. The second kappa shape index (κ2) is 3.58. The van der Waals surface area contributed by atoms with Crippen LogP contribution in [-0.4, -0.2) is 12.6 Å². The van der Waals surface area contributed by atoms with Crippen LogP contribution in [0.2, 0.25) is 0 Å². The third kappa shape index (κ3) is 1.48. The molecule has 0 radical (unpaired) electrons. The molecule has 14 heavy (non-hydrogen) atoms. The van der Waals surface area contributed by atoms with Crippen LogP contribution in [0.3, 0.4) is 0 Å². The molecule has 0 bridgehead atoms. The summed E-state index contributed by atoms with van der Waals surface area (Å²) in [6, 6.07) is 5.84. The first-order valence-electron chi connectivity index (χ1n) is 4.97. The smallest absolute Gasteiger partial charge is 0.129 e. The Hall–Kier alpha value is -1.09. The molecule has 1 saturated heterocycles. The minimum Gasteiger partial charge on any atom is -0.369 e. The zero-order valence-corrected chi connectivity index (χ0v) is 8.33. The van der Waals surface area contributed by atoms with Crippen molar-refractivity contribution in [2.45, 2.75) is 25.9 Å². The Morgan fingerprint density at radius 2 is 2.36 bits per heavy atom. The van der Waals surface area contributed by atoms with Gasteiger partial charge >= 0.3 is 0 Å². The molecule has 2 N–H and O–H groups in total. The van der Waals surface area contributed by atoms with Crippen molar-refractivity contribution in [2.24, 2.45) is 5.73 Å². The summed E-state index contributed by atoms with van der Waals surface area (Å²) in [4.78, 5) is 2.20. The molecule has 1 aliphatic rings. The van der Waals surface area contributed by atoms with Crippen LogP contribution >= 0.6 is 0 Å². The monoisotopic (exact) mass is 194 g/mol. The highest BCUT2D eigenvalue weighted by Crippen LogP contribution is 2.27. The minimum atomic E-state index is -0.191. The van der Waals surface area contributed by atoms with Crippen LogP contribution in [-0.2, 0) is 6.54 Å². The molecular formula is C11H15FN2. The van der Waals surface area contributed by atoms with Gasteiger partial charge in [-0.3, -0.25) is 0 Å². The topological polar surface area (TPSA) is 29.3 Å². The third-order valence-corrected chi connectivity index (χ3v) is 2.91. The Labute approximate surface area is 83.5 Å². The molecule has 1 atom stereocenters. The number of halogens is 1. The Bertz CT molecular complexity index is 338. The zero-order valence-electron chi connectivity index (χ0n) is 8.33. The lowest BCUT2D eigenvalue weighted by molar-refractivity contribution is 0.479. The molecule has 1 fully saturated rings. The second-order valence-electron chi connectivity index (χ2n) is 3.81. The average Bonchev–Trinajstić information content (AvgIpc) is 2.16. The molecule has 1 aliphatic heterocycles. The molecule has 76 valence electrons. The average molecular weight is 194 g/mol. The number of rotatable bonds is 2. The highest BCUT2D eigenvalue weighted by Gasteiger charge is 2.23. The van der Waals surface area contributed by atoms with Gasteiger partial charge < -0.3 is 10.6 Å². The van der Waals surface area contributed by atoms with Gasteiger partial charge in [-0.25, -0.2) is 4.39 Å². The Balaban J connectivity index is 2.24. The lowest BCUT2D eigenvalue weighted by Gasteiger charge is -2.40. The van der Waals surface area contributed by atoms with Gasteiger partial charge in [0.25, 0.3) is 0 Å². The lowest BCUT2D eigenvalue weighted by atomic mass is 10.0. The normalized spacial score (nSPS) is 20.8. The molecule has 1 unspecified atom stereocenters. The maximum absolute atomic E-state index is 13.4. The number of nitrogens with zero attached hydrogens (tertiary/aromatic N) is 1. The van der Waals surface area contributed by atoms with Gasteiger partial charge in [0.15, 0.2) is 0 Å². The third-order valence-electron chi connectivity index (χ3n) is 2.91. The van der Waals surface area contributed by atoms with E-state index in [1.54, 1.807) is 12.1 Å². The van der Waals surface area contributed by atoms with E-state index in [4.69, 9.17) is 5.73 Å². The first-order valence-corrected chi connectivity index (χ1v) is 4.97. The van der Waals surface area contributed by atoms with Crippen LogP contribution in [0.5, 0.6) is 0 Å². The standard InChI is InChI=1S/C11H15FN2/c1-8-4-5-14(8)10-3-2-9(7-13)11(12)6-10/h2-3,6,8H,4-5,7,13H2,1H3. The van der Waals surface area contributed by atoms with Gasteiger partial charge in [0.2, 0.25) is 0 Å². The minimum absolute atomic E-state index is 0.191. The number of anilines is 1. The van der Waals surface area contributed by atoms with Crippen LogP contribution in [0, 0.1) is 5.82 Å². The molecular weight excluding hydrogens is 179 g/mol. The van der Waals surface area contributed by atoms with E-state index >= 15 is 0 Å². The number of hydrogen-bond acceptors (Lipinski definition) is 2. The molecule has 2 nitrogen and oxygen atoms in total. The van der Waals surface area contributed by atoms with Gasteiger partial charge in [0.05, 0.1) is 0 Å². The second-order valence-corrected chi connectivity index (χ2v) is 3.81. The van der Waals surface area contributed by atoms with Crippen molar-refractivity contribution >= 4 is 5.69 Å². The van der Waals surface area contributed by atoms with Crippen LogP contribution in [0.15, 0.2) is 18.2 Å². The van der Waals surface area contributed by atoms with Gasteiger partial charge in [-0.15, -0.1) is 0 Å². The molecule has 1 heterocycles. The highest BCUT2D eigenvalue weighted by molar-refractivity contribution is 5.51. The van der Waals surface area contributed by atoms with Crippen molar-refractivity contribution in [2.75, 3.05) is 11.4 Å². The van der Waals surface area contributed by atoms with E-state index in [-0.39, 0.29) is 12.4 Å². The van der Waals surface area contributed by atoms with E-state index in [0.717, 1.165) is 12.2 Å². The van der Waals surface area contributed by atoms with Crippen molar-refractivity contribution in [1.29, 1.82) is 0 Å². The number of benzene rings is 1. The van der Waals surface area contributed by atoms with E-state index < -0.39 is 0 Å². The summed E-state index contributed by atoms with van der Waals surface area (Å²) in [5, 5.41) is 0. The molecule has 0 aliphatic carbocycles. The first-order chi connectivity index (χ1) is 6.72. The molecule has 0 spiro atoms. The number of nitrogens with two attached hydrogens (primary N) is 1. The lowest BCUT2D eigenvalue weighted by Crippen LogP contribution is -2.45. The Kier molecular flexibility index (Phi) is 2.42. The van der Waals surface area contributed by atoms with Gasteiger partial charge in [-0.2, -0.15) is 0 Å². The summed E-state index contributed by atoms with van der Waals surface area (Å²) in [6.07, 6.45) is 1.19. The van der Waals surface area contributed by atoms with Crippen LogP contribution in [0.25, 0.3) is 0 Å². The highest BCUT2D eigenvalue weighted by atomic mass is 19.1. The molecule has 0 aromatic heterocycles. The maximum atomic E-state index is 13.4. The van der Waals surface area contributed by atoms with E-state index in [1.165, 1.54) is 6.42 Å². The SMILES string of the molecule is CC1CCN1c1ccc(CN)c(F)c1. The molecule has 0 amide bonds. The molecule has 1 aromatic rings. The fraction of sp³-hybridized carbons (Fsp3) is 0.455. The summed E-state index contributed by atoms with van der Waals surface area (Å²) in [6.45, 7) is 3.45. The van der Waals surface area contributed by atoms with Gasteiger partial charge in [0.1, 0.15) is 5.82 Å². The van der Waals surface area contributed by atoms with Crippen molar-refractivity contribution < 1.29 is 4.39 Å². The van der Waals surface area contributed by atoms with Crippen molar-refractivity contribution in [3.8, 4) is 0 Å². The predicted octanol–water partition coefficient (Wildman–Crippen LogP) is 1.88. The molecule has 3 heteroatoms. The van der Waals surface area contributed by atoms with E-state index in [9.17, 15) is 4.39 Å². The number of hydrogen-bond donors (Lipinski definition) is 1. The zero-order chi connectivity index (χ0) is 10.1. The Morgan fingerprint density at radius 1 is 1.57 bits per heavy atom. The summed E-state index contributed by atoms with van der Waals surface area (Å²) in [5.74, 6) is -0.191. The largest absolute Gasteiger partial charge is 0.369 e. The summed E-state index contributed by atoms with van der Waals surface area (Å²) in [7, 11) is 0. The van der Waals surface area contributed by atoms with Crippen LogP contribution in [0.4, 0.5) is 10.1 Å². The van der Waals surface area contributed by atoms with Gasteiger partial charge in [-0.1, -0.05) is 6.07 Å². The Morgan fingerprint density at radius 3 is 2.79 bits per heavy atom. The van der Waals surface area contributed by atoms with Gasteiger partial charge in [-0.05, 0) is 25.5 Å². The van der Waals surface area contributed by atoms with Crippen LogP contribution < -0.4 is 10.6 Å². The van der Waals surface area contributed by atoms with Crippen LogP contribution in [0.1, 0.15) is 18.9 Å². The molecule has 2 rings (SSSR count). The van der Waals surface area contributed by atoms with E-state index in [0.29, 0.717) is 11.6 Å². The summed E-state index contributed by atoms with van der Waals surface area (Å²) in [5.41, 5.74) is 6.95. The van der Waals surface area contributed by atoms with E-state index in [2.05, 4.69) is 11.8 Å². The summed E-state index contributed by atoms with van der Waals surface area (Å²) >= 11 is 0. The van der Waals surface area contributed by atoms with Crippen molar-refractivity contribution in [1.82, 2.24) is 0 Å². The maximum Gasteiger partial charge on any atom is 0.129 e. The van der Waals surface area contributed by atoms with Crippen molar-refractivity contribution in [3.05, 3.63) is 29.6 Å². The van der Waals surface area contributed by atoms with Crippen molar-refractivity contribution in [3.63, 3.8) is 0 Å². The van der Waals surface area contributed by atoms with E-state index in [1.807, 2.05) is 6.07 Å². The quantitative estimate of drug-likeness (QED) is 0.779. The fourth-order valence-corrected chi connectivity index (χ4v) is 1.78.